The van der Waals surface area contributed by atoms with Crippen LogP contribution in [-0.4, -0.2) is 23.0 Å². The molecule has 1 atom stereocenters. The SMILES string of the molecule is O=CC1NCCc2c(O)cc(O)cc21. The molecule has 74 valence electrons. The number of carbonyl (C=O) groups excluding carboxylic acids is 1. The Hall–Kier alpha value is -1.55. The molecule has 0 bridgehead atoms. The van der Waals surface area contributed by atoms with E-state index >= 15 is 0 Å². The lowest BCUT2D eigenvalue weighted by molar-refractivity contribution is -0.109. The lowest BCUT2D eigenvalue weighted by Crippen LogP contribution is -2.30. The number of carbonyl (C=O) groups is 1. The van der Waals surface area contributed by atoms with Crippen LogP contribution in [0.15, 0.2) is 12.1 Å². The Labute approximate surface area is 81.2 Å². The highest BCUT2D eigenvalue weighted by atomic mass is 16.3. The Morgan fingerprint density at radius 3 is 2.93 bits per heavy atom. The Kier molecular flexibility index (Phi) is 2.13. The molecule has 4 heteroatoms. The topological polar surface area (TPSA) is 69.6 Å². The van der Waals surface area contributed by atoms with Crippen molar-refractivity contribution < 1.29 is 15.0 Å². The fourth-order valence-electron chi connectivity index (χ4n) is 1.80. The van der Waals surface area contributed by atoms with Crippen molar-refractivity contribution in [3.8, 4) is 11.5 Å². The third kappa shape index (κ3) is 1.33. The Morgan fingerprint density at radius 1 is 1.43 bits per heavy atom. The van der Waals surface area contributed by atoms with Crippen LogP contribution in [0.5, 0.6) is 11.5 Å². The van der Waals surface area contributed by atoms with Gasteiger partial charge in [-0.25, -0.2) is 0 Å². The molecular weight excluding hydrogens is 182 g/mol. The minimum Gasteiger partial charge on any atom is -0.508 e. The van der Waals surface area contributed by atoms with E-state index in [0.717, 1.165) is 11.8 Å². The molecule has 0 radical (unpaired) electrons. The molecular formula is C10H11NO3. The number of phenolic OH excluding ortho intramolecular Hbond substituents is 2. The fraction of sp³-hybridized carbons (Fsp3) is 0.300. The highest BCUT2D eigenvalue weighted by Gasteiger charge is 2.22. The second kappa shape index (κ2) is 3.31. The van der Waals surface area contributed by atoms with Gasteiger partial charge in [-0.1, -0.05) is 0 Å². The normalized spacial score (nSPS) is 20.1. The summed E-state index contributed by atoms with van der Waals surface area (Å²) >= 11 is 0. The van der Waals surface area contributed by atoms with Crippen LogP contribution in [0.3, 0.4) is 0 Å². The number of phenols is 2. The van der Waals surface area contributed by atoms with Gasteiger partial charge in [0.05, 0.1) is 6.04 Å². The molecule has 1 aromatic rings. The minimum absolute atomic E-state index is 0.0169. The molecule has 1 aliphatic heterocycles. The lowest BCUT2D eigenvalue weighted by Gasteiger charge is -2.23. The average molecular weight is 193 g/mol. The lowest BCUT2D eigenvalue weighted by atomic mass is 9.94. The van der Waals surface area contributed by atoms with E-state index in [2.05, 4.69) is 5.32 Å². The summed E-state index contributed by atoms with van der Waals surface area (Å²) < 4.78 is 0. The fourth-order valence-corrected chi connectivity index (χ4v) is 1.80. The van der Waals surface area contributed by atoms with Gasteiger partial charge in [-0.05, 0) is 18.1 Å². The smallest absolute Gasteiger partial charge is 0.141 e. The summed E-state index contributed by atoms with van der Waals surface area (Å²) in [5.41, 5.74) is 1.42. The van der Waals surface area contributed by atoms with Crippen molar-refractivity contribution in [2.75, 3.05) is 6.54 Å². The number of aldehydes is 1. The molecule has 1 heterocycles. The first-order valence-corrected chi connectivity index (χ1v) is 4.46. The predicted octanol–water partition coefficient (Wildman–Crippen LogP) is 0.484. The summed E-state index contributed by atoms with van der Waals surface area (Å²) in [6.07, 6.45) is 1.45. The van der Waals surface area contributed by atoms with Crippen LogP contribution in [0.2, 0.25) is 0 Å². The number of fused-ring (bicyclic) bond motifs is 1. The molecule has 0 aliphatic carbocycles. The van der Waals surface area contributed by atoms with Crippen LogP contribution in [0.1, 0.15) is 17.2 Å². The van der Waals surface area contributed by atoms with Crippen LogP contribution in [0, 0.1) is 0 Å². The summed E-state index contributed by atoms with van der Waals surface area (Å²) in [4.78, 5) is 10.7. The summed E-state index contributed by atoms with van der Waals surface area (Å²) in [5, 5.41) is 21.8. The van der Waals surface area contributed by atoms with E-state index in [9.17, 15) is 15.0 Å². The van der Waals surface area contributed by atoms with Gasteiger partial charge in [-0.3, -0.25) is 0 Å². The van der Waals surface area contributed by atoms with E-state index in [1.54, 1.807) is 0 Å². The van der Waals surface area contributed by atoms with Crippen LogP contribution in [0.4, 0.5) is 0 Å². The molecule has 14 heavy (non-hydrogen) atoms. The molecule has 4 nitrogen and oxygen atoms in total. The maximum absolute atomic E-state index is 10.7. The molecule has 1 aromatic carbocycles. The first kappa shape index (κ1) is 9.02. The van der Waals surface area contributed by atoms with E-state index in [-0.39, 0.29) is 11.5 Å². The van der Waals surface area contributed by atoms with Crippen LogP contribution < -0.4 is 5.32 Å². The molecule has 1 aliphatic rings. The molecule has 0 saturated carbocycles. The third-order valence-corrected chi connectivity index (χ3v) is 2.46. The number of rotatable bonds is 1. The monoisotopic (exact) mass is 193 g/mol. The predicted molar refractivity (Wildman–Crippen MR) is 50.3 cm³/mol. The first-order chi connectivity index (χ1) is 6.72. The van der Waals surface area contributed by atoms with Crippen LogP contribution in [0.25, 0.3) is 0 Å². The van der Waals surface area contributed by atoms with Crippen molar-refractivity contribution in [3.63, 3.8) is 0 Å². The van der Waals surface area contributed by atoms with Gasteiger partial charge < -0.3 is 20.3 Å². The van der Waals surface area contributed by atoms with Crippen molar-refractivity contribution in [3.05, 3.63) is 23.3 Å². The van der Waals surface area contributed by atoms with Gasteiger partial charge in [-0.2, -0.15) is 0 Å². The summed E-state index contributed by atoms with van der Waals surface area (Å²) in [5.74, 6) is 0.0464. The van der Waals surface area contributed by atoms with Crippen molar-refractivity contribution in [2.24, 2.45) is 0 Å². The second-order valence-electron chi connectivity index (χ2n) is 3.35. The number of aromatic hydroxyl groups is 2. The zero-order valence-corrected chi connectivity index (χ0v) is 7.53. The summed E-state index contributed by atoms with van der Waals surface area (Å²) in [6.45, 7) is 0.661. The first-order valence-electron chi connectivity index (χ1n) is 4.46. The van der Waals surface area contributed by atoms with Crippen molar-refractivity contribution in [1.29, 1.82) is 0 Å². The zero-order valence-electron chi connectivity index (χ0n) is 7.53. The quantitative estimate of drug-likeness (QED) is 0.567. The van der Waals surface area contributed by atoms with Gasteiger partial charge in [0.2, 0.25) is 0 Å². The highest BCUT2D eigenvalue weighted by Crippen LogP contribution is 2.32. The van der Waals surface area contributed by atoms with E-state index in [1.165, 1.54) is 12.1 Å². The van der Waals surface area contributed by atoms with Crippen LogP contribution >= 0.6 is 0 Å². The summed E-state index contributed by atoms with van der Waals surface area (Å²) in [7, 11) is 0. The Balaban J connectivity index is 2.56. The minimum atomic E-state index is -0.420. The molecule has 0 aromatic heterocycles. The van der Waals surface area contributed by atoms with Gasteiger partial charge in [0, 0.05) is 18.2 Å². The number of hydrogen-bond donors (Lipinski definition) is 3. The molecule has 0 saturated heterocycles. The standard InChI is InChI=1S/C10H11NO3/c12-5-9-8-3-6(13)4-10(14)7(8)1-2-11-9/h3-5,9,11,13-14H,1-2H2. The Morgan fingerprint density at radius 2 is 2.21 bits per heavy atom. The van der Waals surface area contributed by atoms with E-state index in [4.69, 9.17) is 0 Å². The number of benzene rings is 1. The van der Waals surface area contributed by atoms with Gasteiger partial charge >= 0.3 is 0 Å². The van der Waals surface area contributed by atoms with E-state index in [0.29, 0.717) is 18.5 Å². The van der Waals surface area contributed by atoms with Gasteiger partial charge in [-0.15, -0.1) is 0 Å². The Bertz CT molecular complexity index is 376. The van der Waals surface area contributed by atoms with Crippen molar-refractivity contribution >= 4 is 6.29 Å². The van der Waals surface area contributed by atoms with E-state index in [1.807, 2.05) is 0 Å². The molecule has 2 rings (SSSR count). The zero-order chi connectivity index (χ0) is 10.1. The van der Waals surface area contributed by atoms with Crippen molar-refractivity contribution in [2.45, 2.75) is 12.5 Å². The highest BCUT2D eigenvalue weighted by molar-refractivity contribution is 5.65. The van der Waals surface area contributed by atoms with Crippen LogP contribution in [-0.2, 0) is 11.2 Å². The van der Waals surface area contributed by atoms with E-state index < -0.39 is 6.04 Å². The maximum Gasteiger partial charge on any atom is 0.141 e. The maximum atomic E-state index is 10.7. The second-order valence-corrected chi connectivity index (χ2v) is 3.35. The van der Waals surface area contributed by atoms with Gasteiger partial charge in [0.25, 0.3) is 0 Å². The number of hydrogen-bond acceptors (Lipinski definition) is 4. The largest absolute Gasteiger partial charge is 0.508 e. The average Bonchev–Trinajstić information content (AvgIpc) is 2.17. The summed E-state index contributed by atoms with van der Waals surface area (Å²) in [6, 6.07) is 2.39. The molecule has 3 N–H and O–H groups in total. The molecule has 0 spiro atoms. The van der Waals surface area contributed by atoms with Gasteiger partial charge in [0.1, 0.15) is 17.8 Å². The number of nitrogens with one attached hydrogen (secondary N) is 1. The van der Waals surface area contributed by atoms with Crippen molar-refractivity contribution in [1.82, 2.24) is 5.32 Å². The molecule has 1 unspecified atom stereocenters. The van der Waals surface area contributed by atoms with Gasteiger partial charge in [0.15, 0.2) is 0 Å². The molecule has 0 amide bonds. The molecule has 0 fully saturated rings. The third-order valence-electron chi connectivity index (χ3n) is 2.46.